The van der Waals surface area contributed by atoms with Gasteiger partial charge in [-0.25, -0.2) is 9.97 Å². The van der Waals surface area contributed by atoms with Crippen molar-refractivity contribution in [3.05, 3.63) is 22.8 Å². The van der Waals surface area contributed by atoms with Gasteiger partial charge in [0.25, 0.3) is 0 Å². The van der Waals surface area contributed by atoms with Crippen molar-refractivity contribution in [2.75, 3.05) is 12.3 Å². The highest BCUT2D eigenvalue weighted by Crippen LogP contribution is 2.37. The molecule has 1 aromatic rings. The molecule has 1 fully saturated rings. The number of fused-ring (bicyclic) bond motifs is 1. The Labute approximate surface area is 107 Å². The van der Waals surface area contributed by atoms with Gasteiger partial charge < -0.3 is 5.32 Å². The summed E-state index contributed by atoms with van der Waals surface area (Å²) in [5.74, 6) is 2.36. The zero-order chi connectivity index (χ0) is 11.7. The fourth-order valence-electron chi connectivity index (χ4n) is 2.62. The van der Waals surface area contributed by atoms with E-state index in [1.807, 2.05) is 11.8 Å². The number of nitrogens with zero attached hydrogens (tertiary/aromatic N) is 2. The van der Waals surface area contributed by atoms with Crippen molar-refractivity contribution in [2.45, 2.75) is 44.4 Å². The summed E-state index contributed by atoms with van der Waals surface area (Å²) in [6.45, 7) is 4.13. The lowest BCUT2D eigenvalue weighted by Gasteiger charge is -2.23. The van der Waals surface area contributed by atoms with Gasteiger partial charge >= 0.3 is 0 Å². The zero-order valence-corrected chi connectivity index (χ0v) is 11.1. The lowest BCUT2D eigenvalue weighted by molar-refractivity contribution is 0.602. The Morgan fingerprint density at radius 2 is 2.24 bits per heavy atom. The van der Waals surface area contributed by atoms with Crippen molar-refractivity contribution in [3.8, 4) is 0 Å². The molecule has 3 heterocycles. The number of nitrogens with one attached hydrogen (secondary N) is 1. The van der Waals surface area contributed by atoms with Crippen molar-refractivity contribution in [1.82, 2.24) is 15.3 Å². The SMILES string of the molecule is Cc1nc(C2CCCCS2)nc2c1CNCC2. The van der Waals surface area contributed by atoms with E-state index in [-0.39, 0.29) is 0 Å². The van der Waals surface area contributed by atoms with Crippen LogP contribution in [-0.4, -0.2) is 22.3 Å². The Morgan fingerprint density at radius 1 is 1.29 bits per heavy atom. The first-order valence-electron chi connectivity index (χ1n) is 6.53. The molecule has 0 aromatic carbocycles. The highest BCUT2D eigenvalue weighted by Gasteiger charge is 2.22. The van der Waals surface area contributed by atoms with E-state index in [0.717, 1.165) is 25.3 Å². The monoisotopic (exact) mass is 249 g/mol. The molecular weight excluding hydrogens is 230 g/mol. The minimum atomic E-state index is 0.544. The minimum Gasteiger partial charge on any atom is -0.312 e. The standard InChI is InChI=1S/C13H19N3S/c1-9-10-8-14-6-5-11(10)16-13(15-9)12-4-2-3-7-17-12/h12,14H,2-8H2,1H3. The highest BCUT2D eigenvalue weighted by molar-refractivity contribution is 7.99. The van der Waals surface area contributed by atoms with Gasteiger partial charge in [0.2, 0.25) is 0 Å². The van der Waals surface area contributed by atoms with Crippen molar-refractivity contribution in [2.24, 2.45) is 0 Å². The van der Waals surface area contributed by atoms with E-state index in [4.69, 9.17) is 9.97 Å². The Balaban J connectivity index is 1.92. The van der Waals surface area contributed by atoms with Crippen molar-refractivity contribution in [1.29, 1.82) is 0 Å². The number of hydrogen-bond acceptors (Lipinski definition) is 4. The predicted molar refractivity (Wildman–Crippen MR) is 71.2 cm³/mol. The molecule has 0 spiro atoms. The van der Waals surface area contributed by atoms with Crippen LogP contribution in [0.5, 0.6) is 0 Å². The fourth-order valence-corrected chi connectivity index (χ4v) is 3.87. The van der Waals surface area contributed by atoms with E-state index in [2.05, 4.69) is 12.2 Å². The van der Waals surface area contributed by atoms with Crippen LogP contribution in [0.1, 0.15) is 47.3 Å². The lowest BCUT2D eigenvalue weighted by atomic mass is 10.1. The molecule has 17 heavy (non-hydrogen) atoms. The van der Waals surface area contributed by atoms with Crippen LogP contribution in [0.2, 0.25) is 0 Å². The molecule has 0 bridgehead atoms. The normalized spacial score (nSPS) is 24.4. The van der Waals surface area contributed by atoms with Gasteiger partial charge in [-0.1, -0.05) is 6.42 Å². The molecule has 1 N–H and O–H groups in total. The molecule has 0 aliphatic carbocycles. The first kappa shape index (κ1) is 11.5. The molecule has 1 aromatic heterocycles. The van der Waals surface area contributed by atoms with Crippen molar-refractivity contribution >= 4 is 11.8 Å². The van der Waals surface area contributed by atoms with Gasteiger partial charge in [-0.15, -0.1) is 0 Å². The molecule has 1 saturated heterocycles. The maximum atomic E-state index is 4.83. The maximum Gasteiger partial charge on any atom is 0.141 e. The Morgan fingerprint density at radius 3 is 3.06 bits per heavy atom. The largest absolute Gasteiger partial charge is 0.312 e. The molecule has 1 unspecified atom stereocenters. The molecule has 92 valence electrons. The summed E-state index contributed by atoms with van der Waals surface area (Å²) in [6, 6.07) is 0. The van der Waals surface area contributed by atoms with E-state index in [1.54, 1.807) is 0 Å². The Kier molecular flexibility index (Phi) is 3.34. The van der Waals surface area contributed by atoms with Crippen LogP contribution in [0.4, 0.5) is 0 Å². The van der Waals surface area contributed by atoms with E-state index < -0.39 is 0 Å². The third-order valence-electron chi connectivity index (χ3n) is 3.62. The first-order chi connectivity index (χ1) is 8.34. The van der Waals surface area contributed by atoms with E-state index >= 15 is 0 Å². The Hall–Kier alpha value is -0.610. The fraction of sp³-hybridized carbons (Fsp3) is 0.692. The topological polar surface area (TPSA) is 37.8 Å². The summed E-state index contributed by atoms with van der Waals surface area (Å²) >= 11 is 2.04. The molecule has 1 atom stereocenters. The van der Waals surface area contributed by atoms with Gasteiger partial charge in [-0.05, 0) is 25.5 Å². The van der Waals surface area contributed by atoms with Gasteiger partial charge in [-0.3, -0.25) is 0 Å². The number of thioether (sulfide) groups is 1. The second kappa shape index (κ2) is 4.94. The third-order valence-corrected chi connectivity index (χ3v) is 5.00. The van der Waals surface area contributed by atoms with Crippen LogP contribution < -0.4 is 5.32 Å². The average Bonchev–Trinajstić information content (AvgIpc) is 2.40. The lowest BCUT2D eigenvalue weighted by Crippen LogP contribution is -2.27. The quantitative estimate of drug-likeness (QED) is 0.829. The number of hydrogen-bond donors (Lipinski definition) is 1. The predicted octanol–water partition coefficient (Wildman–Crippen LogP) is 2.39. The molecule has 2 aliphatic rings. The van der Waals surface area contributed by atoms with Crippen LogP contribution in [0.15, 0.2) is 0 Å². The van der Waals surface area contributed by atoms with Crippen molar-refractivity contribution < 1.29 is 0 Å². The van der Waals surface area contributed by atoms with Gasteiger partial charge in [0, 0.05) is 30.8 Å². The Bertz CT molecular complexity index is 413. The van der Waals surface area contributed by atoms with Crippen LogP contribution >= 0.6 is 11.8 Å². The molecule has 3 nitrogen and oxygen atoms in total. The summed E-state index contributed by atoms with van der Waals surface area (Å²) < 4.78 is 0. The molecule has 0 amide bonds. The second-order valence-electron chi connectivity index (χ2n) is 4.87. The third kappa shape index (κ3) is 2.33. The summed E-state index contributed by atoms with van der Waals surface area (Å²) in [7, 11) is 0. The smallest absolute Gasteiger partial charge is 0.141 e. The molecule has 2 aliphatic heterocycles. The van der Waals surface area contributed by atoms with Crippen molar-refractivity contribution in [3.63, 3.8) is 0 Å². The molecule has 0 saturated carbocycles. The second-order valence-corrected chi connectivity index (χ2v) is 6.19. The number of rotatable bonds is 1. The van der Waals surface area contributed by atoms with Gasteiger partial charge in [0.15, 0.2) is 0 Å². The molecule has 3 rings (SSSR count). The average molecular weight is 249 g/mol. The first-order valence-corrected chi connectivity index (χ1v) is 7.58. The summed E-state index contributed by atoms with van der Waals surface area (Å²) in [5.41, 5.74) is 3.81. The van der Waals surface area contributed by atoms with E-state index in [0.29, 0.717) is 5.25 Å². The summed E-state index contributed by atoms with van der Waals surface area (Å²) in [4.78, 5) is 9.56. The number of aromatic nitrogens is 2. The summed E-state index contributed by atoms with van der Waals surface area (Å²) in [5, 5.41) is 3.94. The zero-order valence-electron chi connectivity index (χ0n) is 10.3. The summed E-state index contributed by atoms with van der Waals surface area (Å²) in [6.07, 6.45) is 5.00. The molecule has 4 heteroatoms. The van der Waals surface area contributed by atoms with Gasteiger partial charge in [-0.2, -0.15) is 11.8 Å². The van der Waals surface area contributed by atoms with Gasteiger partial charge in [0.1, 0.15) is 5.82 Å². The minimum absolute atomic E-state index is 0.544. The molecular formula is C13H19N3S. The van der Waals surface area contributed by atoms with Gasteiger partial charge in [0.05, 0.1) is 10.9 Å². The molecule has 0 radical (unpaired) electrons. The number of aryl methyl sites for hydroxylation is 1. The highest BCUT2D eigenvalue weighted by atomic mass is 32.2. The van der Waals surface area contributed by atoms with Crippen LogP contribution in [0.3, 0.4) is 0 Å². The van der Waals surface area contributed by atoms with Crippen LogP contribution in [0.25, 0.3) is 0 Å². The van der Waals surface area contributed by atoms with E-state index in [1.165, 1.54) is 42.0 Å². The van der Waals surface area contributed by atoms with E-state index in [9.17, 15) is 0 Å². The maximum absolute atomic E-state index is 4.83. The van der Waals surface area contributed by atoms with Crippen LogP contribution in [0, 0.1) is 6.92 Å². The van der Waals surface area contributed by atoms with Crippen LogP contribution in [-0.2, 0) is 13.0 Å².